The van der Waals surface area contributed by atoms with E-state index in [1.165, 1.54) is 0 Å². The number of carbonyl (C=O) groups excluding carboxylic acids is 2. The van der Waals surface area contributed by atoms with E-state index in [0.29, 0.717) is 55.1 Å². The highest BCUT2D eigenvalue weighted by molar-refractivity contribution is 6.05. The maximum absolute atomic E-state index is 12.3. The molecule has 0 atom stereocenters. The highest BCUT2D eigenvalue weighted by Gasteiger charge is 2.24. The summed E-state index contributed by atoms with van der Waals surface area (Å²) in [6.07, 6.45) is 0. The number of halogens is 3. The predicted octanol–water partition coefficient (Wildman–Crippen LogP) is 4.22. The minimum Gasteiger partial charge on any atom is -0.478 e. The van der Waals surface area contributed by atoms with Crippen molar-refractivity contribution < 1.29 is 19.5 Å². The van der Waals surface area contributed by atoms with Crippen molar-refractivity contribution in [2.75, 3.05) is 42.9 Å². The highest BCUT2D eigenvalue weighted by atomic mass is 35.5. The van der Waals surface area contributed by atoms with Gasteiger partial charge in [-0.15, -0.1) is 37.2 Å². The molecule has 1 aliphatic rings. The molecule has 208 valence electrons. The minimum atomic E-state index is -1.05. The number of fused-ring (bicyclic) bond motifs is 1. The Bertz CT molecular complexity index is 1110. The fourth-order valence-electron chi connectivity index (χ4n) is 3.74. The molecule has 3 rings (SSSR count). The molecule has 0 aliphatic carbocycles. The molecular weight excluding hydrogens is 541 g/mol. The zero-order valence-electron chi connectivity index (χ0n) is 22.1. The summed E-state index contributed by atoms with van der Waals surface area (Å²) in [6.45, 7) is 14.3. The molecule has 1 fully saturated rings. The number of carboxylic acid groups (broad SMARTS) is 1. The van der Waals surface area contributed by atoms with E-state index in [2.05, 4.69) is 15.5 Å². The summed E-state index contributed by atoms with van der Waals surface area (Å²) in [4.78, 5) is 45.4. The number of hydrogen-bond acceptors (Lipinski definition) is 6. The monoisotopic (exact) mass is 577 g/mol. The number of rotatable bonds is 5. The van der Waals surface area contributed by atoms with E-state index < -0.39 is 11.4 Å². The third kappa shape index (κ3) is 9.48. The third-order valence-corrected chi connectivity index (χ3v) is 5.54. The van der Waals surface area contributed by atoms with Crippen LogP contribution in [0.1, 0.15) is 51.9 Å². The van der Waals surface area contributed by atoms with Crippen LogP contribution in [0.5, 0.6) is 0 Å². The van der Waals surface area contributed by atoms with Crippen LogP contribution in [-0.4, -0.2) is 71.0 Å². The summed E-state index contributed by atoms with van der Waals surface area (Å²) in [5.74, 6) is -0.615. The van der Waals surface area contributed by atoms with Gasteiger partial charge in [0.2, 0.25) is 11.8 Å². The number of aromatic carboxylic acids is 1. The standard InChI is InChI=1S/C25H35N5O4.3ClH/c1-24(2,3)23(34)26-16-7-8-19-17(13-16)18(22(32)33)14-20(27-19)30-11-9-29(10-12-30)15-21(31)28-25(4,5)6;;;/h7-8,13-14H,9-12,15H2,1-6H3,(H,26,34)(H,28,31)(H,32,33);3*1H. The summed E-state index contributed by atoms with van der Waals surface area (Å²) >= 11 is 0. The summed E-state index contributed by atoms with van der Waals surface area (Å²) in [5, 5.41) is 16.1. The van der Waals surface area contributed by atoms with E-state index in [1.807, 2.05) is 46.4 Å². The average Bonchev–Trinajstić information content (AvgIpc) is 2.71. The number of amides is 2. The smallest absolute Gasteiger partial charge is 0.336 e. The Hall–Kier alpha value is -2.33. The number of hydrogen-bond donors (Lipinski definition) is 3. The molecule has 0 bridgehead atoms. The number of carboxylic acids is 1. The molecule has 0 radical (unpaired) electrons. The van der Waals surface area contributed by atoms with Crippen LogP contribution in [0.3, 0.4) is 0 Å². The zero-order chi connectivity index (χ0) is 25.3. The van der Waals surface area contributed by atoms with E-state index in [-0.39, 0.29) is 60.1 Å². The Balaban J connectivity index is 0.00000432. The van der Waals surface area contributed by atoms with Crippen molar-refractivity contribution in [2.45, 2.75) is 47.1 Å². The van der Waals surface area contributed by atoms with Gasteiger partial charge in [0, 0.05) is 48.2 Å². The minimum absolute atomic E-state index is 0. The molecule has 2 aromatic rings. The van der Waals surface area contributed by atoms with Crippen molar-refractivity contribution in [1.29, 1.82) is 0 Å². The van der Waals surface area contributed by atoms with Crippen molar-refractivity contribution in [2.24, 2.45) is 5.41 Å². The zero-order valence-corrected chi connectivity index (χ0v) is 24.5. The first kappa shape index (κ1) is 34.7. The van der Waals surface area contributed by atoms with Gasteiger partial charge in [-0.2, -0.15) is 0 Å². The second-order valence-electron chi connectivity index (χ2n) is 10.8. The molecule has 2 heterocycles. The van der Waals surface area contributed by atoms with Gasteiger partial charge in [-0.3, -0.25) is 14.5 Å². The van der Waals surface area contributed by atoms with Crippen LogP contribution in [0.25, 0.3) is 10.9 Å². The fourth-order valence-corrected chi connectivity index (χ4v) is 3.74. The lowest BCUT2D eigenvalue weighted by Crippen LogP contribution is -2.52. The van der Waals surface area contributed by atoms with Crippen molar-refractivity contribution >= 4 is 77.4 Å². The maximum Gasteiger partial charge on any atom is 0.336 e. The Morgan fingerprint density at radius 2 is 1.54 bits per heavy atom. The third-order valence-electron chi connectivity index (χ3n) is 5.54. The molecule has 0 saturated carbocycles. The topological polar surface area (TPSA) is 115 Å². The number of nitrogens with zero attached hydrogens (tertiary/aromatic N) is 3. The van der Waals surface area contributed by atoms with Gasteiger partial charge in [0.05, 0.1) is 17.6 Å². The first-order valence-electron chi connectivity index (χ1n) is 11.5. The van der Waals surface area contributed by atoms with E-state index in [0.717, 1.165) is 0 Å². The lowest BCUT2D eigenvalue weighted by Gasteiger charge is -2.35. The first-order chi connectivity index (χ1) is 15.7. The molecule has 1 aliphatic heterocycles. The number of nitrogens with one attached hydrogen (secondary N) is 2. The van der Waals surface area contributed by atoms with Crippen LogP contribution in [0.4, 0.5) is 11.5 Å². The van der Waals surface area contributed by atoms with Crippen LogP contribution in [0.2, 0.25) is 0 Å². The van der Waals surface area contributed by atoms with Crippen molar-refractivity contribution in [3.63, 3.8) is 0 Å². The SMILES string of the molecule is CC(C)(C)NC(=O)CN1CCN(c2cc(C(=O)O)c3cc(NC(=O)C(C)(C)C)ccc3n2)CC1.Cl.Cl.Cl. The molecule has 0 spiro atoms. The summed E-state index contributed by atoms with van der Waals surface area (Å²) < 4.78 is 0. The van der Waals surface area contributed by atoms with Crippen molar-refractivity contribution in [3.8, 4) is 0 Å². The van der Waals surface area contributed by atoms with Gasteiger partial charge in [0.25, 0.3) is 0 Å². The molecule has 37 heavy (non-hydrogen) atoms. The van der Waals surface area contributed by atoms with Crippen molar-refractivity contribution in [1.82, 2.24) is 15.2 Å². The average molecular weight is 579 g/mol. The van der Waals surface area contributed by atoms with Crippen LogP contribution < -0.4 is 15.5 Å². The lowest BCUT2D eigenvalue weighted by atomic mass is 9.95. The number of piperazine rings is 1. The quantitative estimate of drug-likeness (QED) is 0.487. The Kier molecular flexibility index (Phi) is 12.6. The van der Waals surface area contributed by atoms with Crippen LogP contribution >= 0.6 is 37.2 Å². The fraction of sp³-hybridized carbons (Fsp3) is 0.520. The number of anilines is 2. The summed E-state index contributed by atoms with van der Waals surface area (Å²) in [7, 11) is 0. The van der Waals surface area contributed by atoms with E-state index in [9.17, 15) is 19.5 Å². The molecule has 3 N–H and O–H groups in total. The van der Waals surface area contributed by atoms with Gasteiger partial charge in [-0.25, -0.2) is 9.78 Å². The second kappa shape index (κ2) is 13.5. The van der Waals surface area contributed by atoms with Crippen LogP contribution in [-0.2, 0) is 9.59 Å². The number of aromatic nitrogens is 1. The molecule has 2 amide bonds. The van der Waals surface area contributed by atoms with Gasteiger partial charge < -0.3 is 20.6 Å². The maximum atomic E-state index is 12.3. The van der Waals surface area contributed by atoms with Crippen molar-refractivity contribution in [3.05, 3.63) is 29.8 Å². The Morgan fingerprint density at radius 1 is 0.946 bits per heavy atom. The van der Waals surface area contributed by atoms with Crippen LogP contribution in [0.15, 0.2) is 24.3 Å². The molecular formula is C25H38Cl3N5O4. The number of carbonyl (C=O) groups is 3. The number of benzene rings is 1. The Labute approximate surface area is 237 Å². The first-order valence-corrected chi connectivity index (χ1v) is 11.5. The molecule has 1 aromatic carbocycles. The molecule has 0 unspecified atom stereocenters. The lowest BCUT2D eigenvalue weighted by molar-refractivity contribution is -0.124. The summed E-state index contributed by atoms with van der Waals surface area (Å²) in [6, 6.07) is 6.71. The molecule has 12 heteroatoms. The van der Waals surface area contributed by atoms with E-state index >= 15 is 0 Å². The summed E-state index contributed by atoms with van der Waals surface area (Å²) in [5.41, 5.74) is 0.389. The largest absolute Gasteiger partial charge is 0.478 e. The van der Waals surface area contributed by atoms with Crippen LogP contribution in [0, 0.1) is 5.41 Å². The van der Waals surface area contributed by atoms with Gasteiger partial charge >= 0.3 is 5.97 Å². The predicted molar refractivity (Wildman–Crippen MR) is 155 cm³/mol. The van der Waals surface area contributed by atoms with Gasteiger partial charge in [0.15, 0.2) is 0 Å². The van der Waals surface area contributed by atoms with E-state index in [4.69, 9.17) is 4.98 Å². The van der Waals surface area contributed by atoms with Gasteiger partial charge in [-0.05, 0) is 45.0 Å². The molecule has 9 nitrogen and oxygen atoms in total. The Morgan fingerprint density at radius 3 is 2.05 bits per heavy atom. The molecule has 1 saturated heterocycles. The molecule has 1 aromatic heterocycles. The van der Waals surface area contributed by atoms with Gasteiger partial charge in [-0.1, -0.05) is 20.8 Å². The van der Waals surface area contributed by atoms with E-state index in [1.54, 1.807) is 24.3 Å². The normalized spacial score (nSPS) is 14.1. The highest BCUT2D eigenvalue weighted by Crippen LogP contribution is 2.27. The van der Waals surface area contributed by atoms with Gasteiger partial charge in [0.1, 0.15) is 5.82 Å². The second-order valence-corrected chi connectivity index (χ2v) is 10.8. The number of pyridine rings is 1.